The number of thioether (sulfide) groups is 1. The van der Waals surface area contributed by atoms with Gasteiger partial charge >= 0.3 is 0 Å². The molecule has 3 aliphatic heterocycles. The molecule has 0 spiro atoms. The van der Waals surface area contributed by atoms with Gasteiger partial charge in [0.05, 0.1) is 30.2 Å². The number of rotatable bonds is 11. The lowest BCUT2D eigenvalue weighted by Crippen LogP contribution is -2.46. The lowest BCUT2D eigenvalue weighted by molar-refractivity contribution is -0.189. The Labute approximate surface area is 302 Å². The number of aliphatic imine (C=N–C) groups is 1. The molecule has 0 N–H and O–H groups in total. The van der Waals surface area contributed by atoms with Gasteiger partial charge in [-0.25, -0.2) is 9.98 Å². The number of imidazole rings is 1. The van der Waals surface area contributed by atoms with Crippen molar-refractivity contribution in [3.63, 3.8) is 0 Å². The molecule has 0 saturated carbocycles. The van der Waals surface area contributed by atoms with Crippen LogP contribution in [-0.4, -0.2) is 83.5 Å². The number of piperazine rings is 1. The maximum Gasteiger partial charge on any atom is 0.215 e. The molecule has 0 aliphatic carbocycles. The van der Waals surface area contributed by atoms with E-state index >= 15 is 0 Å². The van der Waals surface area contributed by atoms with Crippen LogP contribution < -0.4 is 14.5 Å². The third kappa shape index (κ3) is 7.84. The van der Waals surface area contributed by atoms with E-state index in [1.165, 1.54) is 11.4 Å². The minimum absolute atomic E-state index is 0.287. The van der Waals surface area contributed by atoms with Gasteiger partial charge in [0.2, 0.25) is 5.79 Å². The summed E-state index contributed by atoms with van der Waals surface area (Å²) in [5, 5.41) is 2.19. The van der Waals surface area contributed by atoms with Gasteiger partial charge in [0, 0.05) is 78.9 Å². The maximum atomic E-state index is 6.61. The highest BCUT2D eigenvalue weighted by Crippen LogP contribution is 2.41. The third-order valence-electron chi connectivity index (χ3n) is 9.44. The molecule has 1 aromatic heterocycles. The Bertz CT molecular complexity index is 1720. The van der Waals surface area contributed by atoms with Gasteiger partial charge in [-0.2, -0.15) is 0 Å². The van der Waals surface area contributed by atoms with E-state index in [4.69, 9.17) is 42.4 Å². The number of aromatic nitrogens is 2. The number of hydrogen-bond donors (Lipinski definition) is 0. The van der Waals surface area contributed by atoms with Crippen LogP contribution in [0.25, 0.3) is 0 Å². The molecule has 0 amide bonds. The Morgan fingerprint density at radius 3 is 2.35 bits per heavy atom. The van der Waals surface area contributed by atoms with Crippen LogP contribution in [0.5, 0.6) is 5.75 Å². The van der Waals surface area contributed by atoms with E-state index in [0.29, 0.717) is 35.8 Å². The van der Waals surface area contributed by atoms with E-state index < -0.39 is 5.79 Å². The van der Waals surface area contributed by atoms with Crippen LogP contribution >= 0.6 is 35.0 Å². The summed E-state index contributed by atoms with van der Waals surface area (Å²) in [4.78, 5) is 16.5. The van der Waals surface area contributed by atoms with E-state index in [1.807, 2.05) is 40.7 Å². The van der Waals surface area contributed by atoms with E-state index in [2.05, 4.69) is 69.9 Å². The average molecular weight is 722 g/mol. The first kappa shape index (κ1) is 34.1. The molecule has 4 heterocycles. The standard InChI is InChI=1S/C37H42Cl2N6O3S/c1-3-27(2)45-20-21-49-36(45)41-29-5-7-30(8-6-29)43-16-18-44(19-17-43)31-9-11-32(12-10-31)46-23-33-24-47-37(48-33,25-42-15-14-40-26-42)34-13-4-28(38)22-35(34)39/h4-15,22,26-27,33H,3,16-21,23-25H2,1-2H3. The second-order valence-corrected chi connectivity index (χ2v) is 14.6. The van der Waals surface area contributed by atoms with Crippen LogP contribution in [0, 0.1) is 0 Å². The van der Waals surface area contributed by atoms with Crippen molar-refractivity contribution in [2.45, 2.75) is 44.7 Å². The highest BCUT2D eigenvalue weighted by atomic mass is 35.5. The van der Waals surface area contributed by atoms with Crippen molar-refractivity contribution >= 4 is 57.2 Å². The van der Waals surface area contributed by atoms with Gasteiger partial charge in [0.1, 0.15) is 18.5 Å². The Morgan fingerprint density at radius 1 is 0.980 bits per heavy atom. The quantitative estimate of drug-likeness (QED) is 0.156. The highest BCUT2D eigenvalue weighted by molar-refractivity contribution is 8.14. The van der Waals surface area contributed by atoms with E-state index in [0.717, 1.165) is 67.1 Å². The molecule has 9 nitrogen and oxygen atoms in total. The van der Waals surface area contributed by atoms with Crippen LogP contribution in [0.1, 0.15) is 25.8 Å². The molecule has 258 valence electrons. The summed E-state index contributed by atoms with van der Waals surface area (Å²) in [6.45, 7) is 10.5. The average Bonchev–Trinajstić information content (AvgIpc) is 3.90. The van der Waals surface area contributed by atoms with Gasteiger partial charge in [-0.15, -0.1) is 0 Å². The minimum Gasteiger partial charge on any atom is -0.491 e. The molecule has 3 unspecified atom stereocenters. The first-order valence-corrected chi connectivity index (χ1v) is 18.7. The largest absolute Gasteiger partial charge is 0.491 e. The SMILES string of the molecule is CCC(C)N1CCSC1=Nc1ccc(N2CCN(c3ccc(OCC4COC(Cn5ccnc5)(c5ccc(Cl)cc5Cl)O4)cc3)CC2)cc1. The first-order chi connectivity index (χ1) is 23.9. The molecule has 0 bridgehead atoms. The fraction of sp³-hybridized carbons (Fsp3) is 0.405. The lowest BCUT2D eigenvalue weighted by Gasteiger charge is -2.37. The summed E-state index contributed by atoms with van der Waals surface area (Å²) in [6.07, 6.45) is 6.17. The van der Waals surface area contributed by atoms with Gasteiger partial charge in [0.15, 0.2) is 5.17 Å². The summed E-state index contributed by atoms with van der Waals surface area (Å²) in [7, 11) is 0. The van der Waals surface area contributed by atoms with Crippen molar-refractivity contribution in [2.24, 2.45) is 4.99 Å². The lowest BCUT2D eigenvalue weighted by atomic mass is 10.1. The molecule has 3 atom stereocenters. The molecule has 3 aromatic carbocycles. The van der Waals surface area contributed by atoms with Gasteiger partial charge in [0.25, 0.3) is 0 Å². The molecule has 3 saturated heterocycles. The van der Waals surface area contributed by atoms with Crippen molar-refractivity contribution in [3.05, 3.63) is 101 Å². The maximum absolute atomic E-state index is 6.61. The third-order valence-corrected chi connectivity index (χ3v) is 11.0. The number of amidine groups is 1. The molecule has 3 fully saturated rings. The van der Waals surface area contributed by atoms with Gasteiger partial charge in [-0.05, 0) is 74.0 Å². The molecule has 12 heteroatoms. The van der Waals surface area contributed by atoms with E-state index in [-0.39, 0.29) is 6.10 Å². The zero-order valence-corrected chi connectivity index (χ0v) is 30.2. The Morgan fingerprint density at radius 2 is 1.69 bits per heavy atom. The Kier molecular flexibility index (Phi) is 10.6. The van der Waals surface area contributed by atoms with Crippen molar-refractivity contribution in [1.82, 2.24) is 14.5 Å². The van der Waals surface area contributed by atoms with Crippen molar-refractivity contribution in [1.29, 1.82) is 0 Å². The van der Waals surface area contributed by atoms with Crippen molar-refractivity contribution in [3.8, 4) is 5.75 Å². The van der Waals surface area contributed by atoms with Crippen LogP contribution in [0.2, 0.25) is 10.0 Å². The van der Waals surface area contributed by atoms with Crippen LogP contribution in [-0.2, 0) is 21.8 Å². The summed E-state index contributed by atoms with van der Waals surface area (Å²) >= 11 is 14.7. The molecule has 3 aliphatic rings. The topological polar surface area (TPSA) is 67.6 Å². The van der Waals surface area contributed by atoms with Crippen LogP contribution in [0.15, 0.2) is 90.4 Å². The number of ether oxygens (including phenoxy) is 3. The summed E-state index contributed by atoms with van der Waals surface area (Å²) in [5.41, 5.74) is 4.18. The van der Waals surface area contributed by atoms with Gasteiger partial charge in [-0.3, -0.25) is 0 Å². The molecular weight excluding hydrogens is 679 g/mol. The number of hydrogen-bond acceptors (Lipinski definition) is 8. The second-order valence-electron chi connectivity index (χ2n) is 12.7. The van der Waals surface area contributed by atoms with Crippen molar-refractivity contribution in [2.75, 3.05) is 61.5 Å². The molecule has 4 aromatic rings. The summed E-state index contributed by atoms with van der Waals surface area (Å²) < 4.78 is 20.9. The predicted molar refractivity (Wildman–Crippen MR) is 200 cm³/mol. The number of benzene rings is 3. The minimum atomic E-state index is -1.08. The fourth-order valence-corrected chi connectivity index (χ4v) is 8.16. The molecule has 49 heavy (non-hydrogen) atoms. The second kappa shape index (κ2) is 15.2. The van der Waals surface area contributed by atoms with Crippen molar-refractivity contribution < 1.29 is 14.2 Å². The molecule has 7 rings (SSSR count). The van der Waals surface area contributed by atoms with Gasteiger partial charge < -0.3 is 33.5 Å². The van der Waals surface area contributed by atoms with Crippen LogP contribution in [0.3, 0.4) is 0 Å². The fourth-order valence-electron chi connectivity index (χ4n) is 6.53. The Hall–Kier alpha value is -3.41. The van der Waals surface area contributed by atoms with Gasteiger partial charge in [-0.1, -0.05) is 48.0 Å². The monoisotopic (exact) mass is 720 g/mol. The number of nitrogens with zero attached hydrogens (tertiary/aromatic N) is 6. The summed E-state index contributed by atoms with van der Waals surface area (Å²) in [5.74, 6) is 0.820. The number of halogens is 2. The zero-order chi connectivity index (χ0) is 33.8. The number of anilines is 2. The smallest absolute Gasteiger partial charge is 0.215 e. The normalized spacial score (nSPS) is 22.7. The first-order valence-electron chi connectivity index (χ1n) is 16.9. The van der Waals surface area contributed by atoms with E-state index in [1.54, 1.807) is 24.7 Å². The van der Waals surface area contributed by atoms with E-state index in [9.17, 15) is 0 Å². The zero-order valence-electron chi connectivity index (χ0n) is 27.9. The Balaban J connectivity index is 0.912. The highest BCUT2D eigenvalue weighted by Gasteiger charge is 2.45. The molecule has 0 radical (unpaired) electrons. The predicted octanol–water partition coefficient (Wildman–Crippen LogP) is 7.70. The molecular formula is C37H42Cl2N6O3S. The summed E-state index contributed by atoms with van der Waals surface area (Å²) in [6, 6.07) is 22.9. The van der Waals surface area contributed by atoms with Crippen LogP contribution in [0.4, 0.5) is 17.1 Å².